The molecule has 0 saturated heterocycles. The third-order valence-electron chi connectivity index (χ3n) is 5.51. The summed E-state index contributed by atoms with van der Waals surface area (Å²) in [6.45, 7) is 3.92. The summed E-state index contributed by atoms with van der Waals surface area (Å²) in [7, 11) is 3.26. The first-order valence-electron chi connectivity index (χ1n) is 10.7. The summed E-state index contributed by atoms with van der Waals surface area (Å²) >= 11 is 0. The molecule has 1 aliphatic heterocycles. The molecule has 2 aromatic carbocycles. The van der Waals surface area contributed by atoms with Crippen molar-refractivity contribution in [2.45, 2.75) is 39.2 Å². The SMILES string of the molecule is CCc1cccc(NC(N)=NCCCC(=O)N2CCc3cc(OC)c(OC)cc3C2)c1. The number of anilines is 1. The summed E-state index contributed by atoms with van der Waals surface area (Å²) in [5.41, 5.74) is 10.5. The first kappa shape index (κ1) is 22.5. The molecule has 31 heavy (non-hydrogen) atoms. The Balaban J connectivity index is 1.48. The summed E-state index contributed by atoms with van der Waals surface area (Å²) in [4.78, 5) is 18.9. The number of nitrogens with two attached hydrogens (primary N) is 1. The Labute approximate surface area is 184 Å². The van der Waals surface area contributed by atoms with Crippen LogP contribution in [0.4, 0.5) is 5.69 Å². The van der Waals surface area contributed by atoms with Crippen LogP contribution in [0, 0.1) is 0 Å². The molecule has 1 amide bonds. The van der Waals surface area contributed by atoms with Gasteiger partial charge in [-0.15, -0.1) is 0 Å². The van der Waals surface area contributed by atoms with E-state index in [1.54, 1.807) is 14.2 Å². The van der Waals surface area contributed by atoms with Crippen molar-refractivity contribution >= 4 is 17.6 Å². The van der Waals surface area contributed by atoms with Gasteiger partial charge in [0.25, 0.3) is 0 Å². The summed E-state index contributed by atoms with van der Waals surface area (Å²) in [6.07, 6.45) is 2.89. The Morgan fingerprint density at radius 3 is 2.61 bits per heavy atom. The number of methoxy groups -OCH3 is 2. The maximum absolute atomic E-state index is 12.7. The lowest BCUT2D eigenvalue weighted by atomic mass is 9.98. The lowest BCUT2D eigenvalue weighted by Gasteiger charge is -2.29. The molecule has 7 nitrogen and oxygen atoms in total. The zero-order valence-electron chi connectivity index (χ0n) is 18.6. The van der Waals surface area contributed by atoms with Crippen LogP contribution in [0.5, 0.6) is 11.5 Å². The van der Waals surface area contributed by atoms with Crippen LogP contribution in [0.15, 0.2) is 41.4 Å². The number of amides is 1. The van der Waals surface area contributed by atoms with Gasteiger partial charge >= 0.3 is 0 Å². The number of carbonyl (C=O) groups is 1. The van der Waals surface area contributed by atoms with Crippen LogP contribution in [0.1, 0.15) is 36.5 Å². The fourth-order valence-electron chi connectivity index (χ4n) is 3.74. The topological polar surface area (TPSA) is 89.2 Å². The predicted molar refractivity (Wildman–Crippen MR) is 124 cm³/mol. The van der Waals surface area contributed by atoms with Crippen LogP contribution < -0.4 is 20.5 Å². The van der Waals surface area contributed by atoms with E-state index in [1.165, 1.54) is 11.1 Å². The van der Waals surface area contributed by atoms with Crippen LogP contribution in [-0.4, -0.2) is 44.1 Å². The minimum atomic E-state index is 0.137. The van der Waals surface area contributed by atoms with E-state index in [-0.39, 0.29) is 5.91 Å². The van der Waals surface area contributed by atoms with Gasteiger partial charge in [0.1, 0.15) is 0 Å². The highest BCUT2D eigenvalue weighted by Gasteiger charge is 2.22. The molecular weight excluding hydrogens is 392 g/mol. The van der Waals surface area contributed by atoms with E-state index in [0.717, 1.165) is 29.8 Å². The third-order valence-corrected chi connectivity index (χ3v) is 5.51. The number of aliphatic imine (C=N–C) groups is 1. The van der Waals surface area contributed by atoms with Crippen molar-refractivity contribution < 1.29 is 14.3 Å². The lowest BCUT2D eigenvalue weighted by Crippen LogP contribution is -2.36. The highest BCUT2D eigenvalue weighted by atomic mass is 16.5. The number of hydrogen-bond acceptors (Lipinski definition) is 4. The molecule has 0 spiro atoms. The Morgan fingerprint density at radius 2 is 1.90 bits per heavy atom. The number of carbonyl (C=O) groups excluding carboxylic acids is 1. The quantitative estimate of drug-likeness (QED) is 0.385. The van der Waals surface area contributed by atoms with Crippen molar-refractivity contribution in [3.8, 4) is 11.5 Å². The van der Waals surface area contributed by atoms with E-state index in [9.17, 15) is 4.79 Å². The van der Waals surface area contributed by atoms with E-state index in [2.05, 4.69) is 29.4 Å². The molecule has 0 saturated carbocycles. The number of fused-ring (bicyclic) bond motifs is 1. The number of guanidine groups is 1. The molecule has 0 fully saturated rings. The number of benzene rings is 2. The standard InChI is InChI=1S/C24H32N4O3/c1-4-17-7-5-8-20(13-17)27-24(25)26-11-6-9-23(29)28-12-10-18-14-21(30-2)22(31-3)15-19(18)16-28/h5,7-8,13-15H,4,6,9-12,16H2,1-3H3,(H3,25,26,27). The predicted octanol–water partition coefficient (Wildman–Crippen LogP) is 3.36. The number of ether oxygens (including phenoxy) is 2. The van der Waals surface area contributed by atoms with E-state index in [1.807, 2.05) is 29.2 Å². The van der Waals surface area contributed by atoms with Crippen LogP contribution in [0.3, 0.4) is 0 Å². The van der Waals surface area contributed by atoms with Gasteiger partial charge in [0.2, 0.25) is 5.91 Å². The summed E-state index contributed by atoms with van der Waals surface area (Å²) in [5.74, 6) is 1.93. The Bertz CT molecular complexity index is 942. The second-order valence-corrected chi connectivity index (χ2v) is 7.59. The third kappa shape index (κ3) is 5.90. The van der Waals surface area contributed by atoms with Gasteiger partial charge in [0, 0.05) is 31.7 Å². The molecule has 3 N–H and O–H groups in total. The molecule has 2 aromatic rings. The molecule has 166 valence electrons. The molecule has 0 unspecified atom stereocenters. The maximum Gasteiger partial charge on any atom is 0.222 e. The highest BCUT2D eigenvalue weighted by molar-refractivity contribution is 5.92. The number of rotatable bonds is 8. The summed E-state index contributed by atoms with van der Waals surface area (Å²) < 4.78 is 10.8. The number of nitrogens with one attached hydrogen (secondary N) is 1. The van der Waals surface area contributed by atoms with Gasteiger partial charge in [-0.2, -0.15) is 0 Å². The maximum atomic E-state index is 12.7. The largest absolute Gasteiger partial charge is 0.493 e. The van der Waals surface area contributed by atoms with E-state index < -0.39 is 0 Å². The van der Waals surface area contributed by atoms with Crippen molar-refractivity contribution in [3.05, 3.63) is 53.1 Å². The first-order chi connectivity index (χ1) is 15.0. The van der Waals surface area contributed by atoms with Gasteiger partial charge in [-0.05, 0) is 60.2 Å². The monoisotopic (exact) mass is 424 g/mol. The van der Waals surface area contributed by atoms with Crippen LogP contribution in [0.25, 0.3) is 0 Å². The normalized spacial score (nSPS) is 13.5. The smallest absolute Gasteiger partial charge is 0.222 e. The molecule has 0 atom stereocenters. The fourth-order valence-corrected chi connectivity index (χ4v) is 3.74. The van der Waals surface area contributed by atoms with Gasteiger partial charge in [-0.25, -0.2) is 0 Å². The average molecular weight is 425 g/mol. The minimum absolute atomic E-state index is 0.137. The van der Waals surface area contributed by atoms with Crippen molar-refractivity contribution in [2.24, 2.45) is 10.7 Å². The van der Waals surface area contributed by atoms with Gasteiger partial charge < -0.3 is 25.4 Å². The van der Waals surface area contributed by atoms with E-state index in [0.29, 0.717) is 44.2 Å². The molecule has 1 aliphatic rings. The van der Waals surface area contributed by atoms with Gasteiger partial charge in [0.15, 0.2) is 17.5 Å². The number of hydrogen-bond donors (Lipinski definition) is 2. The van der Waals surface area contributed by atoms with E-state index in [4.69, 9.17) is 15.2 Å². The molecule has 0 bridgehead atoms. The fraction of sp³-hybridized carbons (Fsp3) is 0.417. The summed E-state index contributed by atoms with van der Waals surface area (Å²) in [6, 6.07) is 12.1. The summed E-state index contributed by atoms with van der Waals surface area (Å²) in [5, 5.41) is 3.11. The van der Waals surface area contributed by atoms with Gasteiger partial charge in [0.05, 0.1) is 14.2 Å². The van der Waals surface area contributed by atoms with Crippen molar-refractivity contribution in [2.75, 3.05) is 32.6 Å². The second kappa shape index (κ2) is 10.7. The first-order valence-corrected chi connectivity index (χ1v) is 10.7. The van der Waals surface area contributed by atoms with Crippen LogP contribution in [-0.2, 0) is 24.2 Å². The zero-order valence-corrected chi connectivity index (χ0v) is 18.6. The molecule has 0 aromatic heterocycles. The van der Waals surface area contributed by atoms with Gasteiger partial charge in [-0.3, -0.25) is 9.79 Å². The molecule has 0 radical (unpaired) electrons. The van der Waals surface area contributed by atoms with Crippen molar-refractivity contribution in [1.82, 2.24) is 4.90 Å². The van der Waals surface area contributed by atoms with Gasteiger partial charge in [-0.1, -0.05) is 19.1 Å². The zero-order chi connectivity index (χ0) is 22.2. The Kier molecular flexibility index (Phi) is 7.76. The Morgan fingerprint density at radius 1 is 1.16 bits per heavy atom. The van der Waals surface area contributed by atoms with Crippen molar-refractivity contribution in [1.29, 1.82) is 0 Å². The average Bonchev–Trinajstić information content (AvgIpc) is 2.80. The molecule has 7 heteroatoms. The Hall–Kier alpha value is -3.22. The number of nitrogens with zero attached hydrogens (tertiary/aromatic N) is 2. The molecule has 1 heterocycles. The van der Waals surface area contributed by atoms with Crippen molar-refractivity contribution in [3.63, 3.8) is 0 Å². The second-order valence-electron chi connectivity index (χ2n) is 7.59. The van der Waals surface area contributed by atoms with E-state index >= 15 is 0 Å². The number of aryl methyl sites for hydroxylation is 1. The van der Waals surface area contributed by atoms with Crippen LogP contribution in [0.2, 0.25) is 0 Å². The minimum Gasteiger partial charge on any atom is -0.493 e. The van der Waals surface area contributed by atoms with Crippen LogP contribution >= 0.6 is 0 Å². The molecule has 3 rings (SSSR count). The molecule has 0 aliphatic carbocycles. The lowest BCUT2D eigenvalue weighted by molar-refractivity contribution is -0.132. The molecular formula is C24H32N4O3. The highest BCUT2D eigenvalue weighted by Crippen LogP contribution is 2.33.